The van der Waals surface area contributed by atoms with E-state index in [1.165, 1.54) is 0 Å². The van der Waals surface area contributed by atoms with Crippen LogP contribution in [-0.4, -0.2) is 24.4 Å². The van der Waals surface area contributed by atoms with Crippen molar-refractivity contribution in [3.63, 3.8) is 0 Å². The van der Waals surface area contributed by atoms with Crippen molar-refractivity contribution in [3.8, 4) is 5.75 Å². The Morgan fingerprint density at radius 1 is 1.33 bits per heavy atom. The van der Waals surface area contributed by atoms with E-state index in [-0.39, 0.29) is 5.54 Å². The van der Waals surface area contributed by atoms with Gasteiger partial charge in [-0.15, -0.1) is 23.2 Å². The second kappa shape index (κ2) is 7.59. The van der Waals surface area contributed by atoms with Crippen molar-refractivity contribution in [2.24, 2.45) is 0 Å². The fourth-order valence-corrected chi connectivity index (χ4v) is 2.87. The molecule has 0 bridgehead atoms. The number of methoxy groups -OCH3 is 1. The number of hydrogen-bond acceptors (Lipinski definition) is 2. The maximum Gasteiger partial charge on any atom is 0.123 e. The molecule has 0 unspecified atom stereocenters. The van der Waals surface area contributed by atoms with Gasteiger partial charge in [0.15, 0.2) is 0 Å². The molecule has 0 amide bonds. The largest absolute Gasteiger partial charge is 0.496 e. The van der Waals surface area contributed by atoms with Crippen LogP contribution in [0.2, 0.25) is 0 Å². The predicted molar refractivity (Wildman–Crippen MR) is 82.0 cm³/mol. The van der Waals surface area contributed by atoms with E-state index in [0.717, 1.165) is 22.2 Å². The summed E-state index contributed by atoms with van der Waals surface area (Å²) in [7, 11) is 1.67. The van der Waals surface area contributed by atoms with E-state index in [4.69, 9.17) is 27.9 Å². The van der Waals surface area contributed by atoms with Gasteiger partial charge in [-0.25, -0.2) is 0 Å². The Morgan fingerprint density at radius 3 is 2.50 bits per heavy atom. The molecule has 1 N–H and O–H groups in total. The van der Waals surface area contributed by atoms with Crippen LogP contribution in [0, 0.1) is 0 Å². The van der Waals surface area contributed by atoms with Crippen molar-refractivity contribution >= 4 is 39.1 Å². The highest BCUT2D eigenvalue weighted by Gasteiger charge is 2.25. The van der Waals surface area contributed by atoms with E-state index in [1.807, 2.05) is 18.2 Å². The fraction of sp³-hybridized carbons (Fsp3) is 0.538. The smallest absolute Gasteiger partial charge is 0.123 e. The summed E-state index contributed by atoms with van der Waals surface area (Å²) in [6, 6.07) is 5.93. The molecule has 0 saturated heterocycles. The number of alkyl halides is 2. The van der Waals surface area contributed by atoms with Crippen LogP contribution < -0.4 is 10.1 Å². The summed E-state index contributed by atoms with van der Waals surface area (Å²) in [6.45, 7) is 2.76. The number of benzene rings is 1. The second-order valence-corrected chi connectivity index (χ2v) is 5.66. The van der Waals surface area contributed by atoms with Gasteiger partial charge in [-0.3, -0.25) is 0 Å². The molecule has 0 spiro atoms. The van der Waals surface area contributed by atoms with Gasteiger partial charge in [0.25, 0.3) is 0 Å². The molecule has 0 aromatic heterocycles. The van der Waals surface area contributed by atoms with Crippen molar-refractivity contribution in [1.82, 2.24) is 5.32 Å². The summed E-state index contributed by atoms with van der Waals surface area (Å²) < 4.78 is 6.37. The quantitative estimate of drug-likeness (QED) is 0.742. The number of nitrogens with one attached hydrogen (secondary N) is 1. The Balaban J connectivity index is 2.81. The van der Waals surface area contributed by atoms with Gasteiger partial charge in [0, 0.05) is 33.9 Å². The lowest BCUT2D eigenvalue weighted by atomic mass is 10.0. The van der Waals surface area contributed by atoms with Gasteiger partial charge in [-0.2, -0.15) is 0 Å². The maximum absolute atomic E-state index is 6.01. The third kappa shape index (κ3) is 4.02. The van der Waals surface area contributed by atoms with Gasteiger partial charge < -0.3 is 10.1 Å². The van der Waals surface area contributed by atoms with E-state index in [1.54, 1.807) is 7.11 Å². The molecule has 0 aliphatic rings. The van der Waals surface area contributed by atoms with Crippen LogP contribution in [0.3, 0.4) is 0 Å². The zero-order chi connectivity index (χ0) is 13.6. The third-order valence-electron chi connectivity index (χ3n) is 3.08. The van der Waals surface area contributed by atoms with E-state index >= 15 is 0 Å². The zero-order valence-corrected chi connectivity index (χ0v) is 13.7. The summed E-state index contributed by atoms with van der Waals surface area (Å²) in [4.78, 5) is 0. The second-order valence-electron chi connectivity index (χ2n) is 4.21. The fourth-order valence-electron chi connectivity index (χ4n) is 1.61. The maximum atomic E-state index is 6.01. The molecule has 0 saturated carbocycles. The van der Waals surface area contributed by atoms with Crippen molar-refractivity contribution in [2.45, 2.75) is 25.4 Å². The summed E-state index contributed by atoms with van der Waals surface area (Å²) in [6.07, 6.45) is 0.885. The number of halogens is 3. The molecular weight excluding hydrogens is 337 g/mol. The minimum atomic E-state index is -0.226. The summed E-state index contributed by atoms with van der Waals surface area (Å²) in [5.74, 6) is 1.84. The van der Waals surface area contributed by atoms with Crippen LogP contribution in [0.5, 0.6) is 5.75 Å². The average molecular weight is 355 g/mol. The summed E-state index contributed by atoms with van der Waals surface area (Å²) in [5, 5.41) is 3.44. The van der Waals surface area contributed by atoms with Gasteiger partial charge in [-0.05, 0) is 24.6 Å². The molecule has 0 heterocycles. The SMILES string of the molecule is CCC(CCl)(CCl)NCc1cc(Br)ccc1OC. The predicted octanol–water partition coefficient (Wildman–Crippen LogP) is 4.17. The van der Waals surface area contributed by atoms with Gasteiger partial charge in [0.2, 0.25) is 0 Å². The summed E-state index contributed by atoms with van der Waals surface area (Å²) in [5.41, 5.74) is 0.858. The molecular formula is C13H18BrCl2NO. The lowest BCUT2D eigenvalue weighted by molar-refractivity contribution is 0.371. The Morgan fingerprint density at radius 2 is 2.00 bits per heavy atom. The lowest BCUT2D eigenvalue weighted by Gasteiger charge is -2.30. The average Bonchev–Trinajstić information content (AvgIpc) is 2.41. The molecule has 1 aromatic carbocycles. The minimum absolute atomic E-state index is 0.226. The van der Waals surface area contributed by atoms with Crippen molar-refractivity contribution < 1.29 is 4.74 Å². The third-order valence-corrected chi connectivity index (χ3v) is 4.60. The first-order chi connectivity index (χ1) is 8.60. The molecule has 0 aliphatic heterocycles. The van der Waals surface area contributed by atoms with E-state index in [0.29, 0.717) is 18.3 Å². The van der Waals surface area contributed by atoms with E-state index < -0.39 is 0 Å². The van der Waals surface area contributed by atoms with E-state index in [9.17, 15) is 0 Å². The molecule has 2 nitrogen and oxygen atoms in total. The first-order valence-corrected chi connectivity index (χ1v) is 7.66. The van der Waals surface area contributed by atoms with Crippen LogP contribution in [0.4, 0.5) is 0 Å². The van der Waals surface area contributed by atoms with Crippen LogP contribution >= 0.6 is 39.1 Å². The molecule has 1 aromatic rings. The Bertz CT molecular complexity index is 375. The molecule has 102 valence electrons. The van der Waals surface area contributed by atoms with Crippen LogP contribution in [0.15, 0.2) is 22.7 Å². The number of ether oxygens (including phenoxy) is 1. The van der Waals surface area contributed by atoms with Crippen LogP contribution in [0.1, 0.15) is 18.9 Å². The van der Waals surface area contributed by atoms with Gasteiger partial charge in [-0.1, -0.05) is 22.9 Å². The first kappa shape index (κ1) is 16.1. The van der Waals surface area contributed by atoms with Crippen LogP contribution in [0.25, 0.3) is 0 Å². The van der Waals surface area contributed by atoms with Crippen LogP contribution in [-0.2, 0) is 6.54 Å². The number of hydrogen-bond donors (Lipinski definition) is 1. The first-order valence-electron chi connectivity index (χ1n) is 5.80. The molecule has 5 heteroatoms. The Kier molecular flexibility index (Phi) is 6.78. The minimum Gasteiger partial charge on any atom is -0.496 e. The lowest BCUT2D eigenvalue weighted by Crippen LogP contribution is -2.47. The van der Waals surface area contributed by atoms with Gasteiger partial charge in [0.1, 0.15) is 5.75 Å². The normalized spacial score (nSPS) is 11.6. The van der Waals surface area contributed by atoms with Crippen molar-refractivity contribution in [2.75, 3.05) is 18.9 Å². The molecule has 1 rings (SSSR count). The van der Waals surface area contributed by atoms with Crippen molar-refractivity contribution in [3.05, 3.63) is 28.2 Å². The molecule has 0 fully saturated rings. The standard InChI is InChI=1S/C13H18BrCl2NO/c1-3-13(8-15,9-16)17-7-10-6-11(14)4-5-12(10)18-2/h4-6,17H,3,7-9H2,1-2H3. The Labute approximate surface area is 127 Å². The Hall–Kier alpha value is 0.0400. The highest BCUT2D eigenvalue weighted by molar-refractivity contribution is 9.10. The molecule has 0 atom stereocenters. The number of rotatable bonds is 7. The van der Waals surface area contributed by atoms with Gasteiger partial charge >= 0.3 is 0 Å². The van der Waals surface area contributed by atoms with Gasteiger partial charge in [0.05, 0.1) is 7.11 Å². The zero-order valence-electron chi connectivity index (χ0n) is 10.6. The highest BCUT2D eigenvalue weighted by Crippen LogP contribution is 2.24. The molecule has 18 heavy (non-hydrogen) atoms. The monoisotopic (exact) mass is 353 g/mol. The molecule has 0 radical (unpaired) electrons. The molecule has 0 aliphatic carbocycles. The van der Waals surface area contributed by atoms with Crippen molar-refractivity contribution in [1.29, 1.82) is 0 Å². The van der Waals surface area contributed by atoms with E-state index in [2.05, 4.69) is 28.2 Å². The summed E-state index contributed by atoms with van der Waals surface area (Å²) >= 11 is 15.5. The topological polar surface area (TPSA) is 21.3 Å². The highest BCUT2D eigenvalue weighted by atomic mass is 79.9.